The van der Waals surface area contributed by atoms with Crippen LogP contribution in [0.25, 0.3) is 55.2 Å². The van der Waals surface area contributed by atoms with E-state index < -0.39 is 0 Å². The standard InChI is InChI=1S/C31H26FN2O/c1-18(2)22-10-14-27(34(4)17-22)28-19(3)7-11-23-24-12-13-25(32)29(31(24)35-30(23)28)21-9-8-20-6-5-15-33-26(20)16-21/h5-18H,1-4H3/q+1. The average molecular weight is 462 g/mol. The van der Waals surface area contributed by atoms with Crippen molar-refractivity contribution in [1.82, 2.24) is 4.98 Å². The van der Waals surface area contributed by atoms with E-state index in [-0.39, 0.29) is 5.82 Å². The van der Waals surface area contributed by atoms with E-state index >= 15 is 4.39 Å². The van der Waals surface area contributed by atoms with E-state index in [0.29, 0.717) is 17.1 Å². The number of aryl methyl sites for hydroxylation is 2. The lowest BCUT2D eigenvalue weighted by atomic mass is 9.97. The summed E-state index contributed by atoms with van der Waals surface area (Å²) in [6, 6.07) is 21.6. The number of nitrogens with zero attached hydrogens (tertiary/aromatic N) is 2. The Hall–Kier alpha value is -4.05. The van der Waals surface area contributed by atoms with Crippen LogP contribution in [-0.2, 0) is 7.05 Å². The fourth-order valence-corrected chi connectivity index (χ4v) is 5.02. The summed E-state index contributed by atoms with van der Waals surface area (Å²) < 4.78 is 24.0. The summed E-state index contributed by atoms with van der Waals surface area (Å²) in [5, 5.41) is 2.90. The zero-order valence-corrected chi connectivity index (χ0v) is 20.3. The summed E-state index contributed by atoms with van der Waals surface area (Å²) in [6.45, 7) is 6.48. The summed E-state index contributed by atoms with van der Waals surface area (Å²) in [5.41, 5.74) is 7.87. The molecule has 0 unspecified atom stereocenters. The maximum absolute atomic E-state index is 15.3. The topological polar surface area (TPSA) is 29.9 Å². The van der Waals surface area contributed by atoms with Gasteiger partial charge in [-0.3, -0.25) is 4.98 Å². The number of rotatable bonds is 3. The quantitative estimate of drug-likeness (QED) is 0.251. The monoisotopic (exact) mass is 461 g/mol. The molecule has 3 aromatic heterocycles. The second-order valence-corrected chi connectivity index (χ2v) is 9.56. The summed E-state index contributed by atoms with van der Waals surface area (Å²) >= 11 is 0. The lowest BCUT2D eigenvalue weighted by molar-refractivity contribution is -0.660. The summed E-state index contributed by atoms with van der Waals surface area (Å²) in [4.78, 5) is 4.46. The predicted molar refractivity (Wildman–Crippen MR) is 140 cm³/mol. The smallest absolute Gasteiger partial charge is 0.216 e. The van der Waals surface area contributed by atoms with E-state index in [9.17, 15) is 0 Å². The van der Waals surface area contributed by atoms with Crippen molar-refractivity contribution in [2.24, 2.45) is 7.05 Å². The molecular weight excluding hydrogens is 435 g/mol. The Kier molecular flexibility index (Phi) is 4.92. The number of aromatic nitrogens is 2. The van der Waals surface area contributed by atoms with Crippen molar-refractivity contribution in [2.75, 3.05) is 0 Å². The van der Waals surface area contributed by atoms with Crippen molar-refractivity contribution in [2.45, 2.75) is 26.7 Å². The number of benzene rings is 3. The highest BCUT2D eigenvalue weighted by atomic mass is 19.1. The van der Waals surface area contributed by atoms with E-state index in [0.717, 1.165) is 49.6 Å². The minimum absolute atomic E-state index is 0.308. The van der Waals surface area contributed by atoms with Gasteiger partial charge in [-0.25, -0.2) is 8.96 Å². The van der Waals surface area contributed by atoms with Gasteiger partial charge >= 0.3 is 0 Å². The van der Waals surface area contributed by atoms with E-state index in [1.165, 1.54) is 11.6 Å². The first-order chi connectivity index (χ1) is 16.9. The Labute approximate surface area is 203 Å². The molecular formula is C31H26FN2O+. The van der Waals surface area contributed by atoms with Crippen LogP contribution < -0.4 is 4.57 Å². The molecule has 4 heteroatoms. The SMILES string of the molecule is Cc1ccc2c(oc3c(-c4ccc5cccnc5c4)c(F)ccc32)c1-c1ccc(C(C)C)c[n+]1C. The number of furan rings is 1. The highest BCUT2D eigenvalue weighted by molar-refractivity contribution is 6.13. The van der Waals surface area contributed by atoms with Gasteiger partial charge in [0.25, 0.3) is 0 Å². The summed E-state index contributed by atoms with van der Waals surface area (Å²) in [6.07, 6.45) is 3.93. The number of hydrogen-bond donors (Lipinski definition) is 0. The van der Waals surface area contributed by atoms with Crippen LogP contribution in [0.5, 0.6) is 0 Å². The molecule has 0 N–H and O–H groups in total. The van der Waals surface area contributed by atoms with Gasteiger partial charge in [-0.1, -0.05) is 44.2 Å². The summed E-state index contributed by atoms with van der Waals surface area (Å²) in [7, 11) is 2.06. The van der Waals surface area contributed by atoms with Gasteiger partial charge in [0, 0.05) is 34.0 Å². The third-order valence-corrected chi connectivity index (χ3v) is 6.94. The Bertz CT molecular complexity index is 1760. The maximum atomic E-state index is 15.3. The molecule has 0 aliphatic rings. The predicted octanol–water partition coefficient (Wildman–Crippen LogP) is 7.86. The second-order valence-electron chi connectivity index (χ2n) is 9.56. The molecule has 3 nitrogen and oxygen atoms in total. The first-order valence-electron chi connectivity index (χ1n) is 11.9. The minimum Gasteiger partial charge on any atom is -0.454 e. The van der Waals surface area contributed by atoms with E-state index in [1.807, 2.05) is 36.4 Å². The molecule has 172 valence electrons. The Balaban J connectivity index is 1.64. The van der Waals surface area contributed by atoms with Crippen LogP contribution >= 0.6 is 0 Å². The van der Waals surface area contributed by atoms with Gasteiger partial charge < -0.3 is 4.42 Å². The van der Waals surface area contributed by atoms with Gasteiger partial charge in [-0.15, -0.1) is 0 Å². The maximum Gasteiger partial charge on any atom is 0.216 e. The van der Waals surface area contributed by atoms with E-state index in [2.05, 4.69) is 67.8 Å². The molecule has 3 aromatic carbocycles. The lowest BCUT2D eigenvalue weighted by Crippen LogP contribution is -2.31. The average Bonchev–Trinajstić information content (AvgIpc) is 3.22. The van der Waals surface area contributed by atoms with Crippen LogP contribution in [0.3, 0.4) is 0 Å². The Morgan fingerprint density at radius 3 is 2.43 bits per heavy atom. The zero-order valence-electron chi connectivity index (χ0n) is 20.3. The van der Waals surface area contributed by atoms with E-state index in [1.54, 1.807) is 6.20 Å². The third kappa shape index (κ3) is 3.40. The number of fused-ring (bicyclic) bond motifs is 4. The molecule has 6 aromatic rings. The Morgan fingerprint density at radius 1 is 0.886 bits per heavy atom. The molecule has 0 saturated carbocycles. The first kappa shape index (κ1) is 21.5. The molecule has 3 heterocycles. The lowest BCUT2D eigenvalue weighted by Gasteiger charge is -2.08. The first-order valence-corrected chi connectivity index (χ1v) is 11.9. The van der Waals surface area contributed by atoms with E-state index in [4.69, 9.17) is 4.42 Å². The Morgan fingerprint density at radius 2 is 1.66 bits per heavy atom. The van der Waals surface area contributed by atoms with Crippen LogP contribution in [0.4, 0.5) is 4.39 Å². The van der Waals surface area contributed by atoms with Crippen molar-refractivity contribution in [1.29, 1.82) is 0 Å². The highest BCUT2D eigenvalue weighted by Crippen LogP contribution is 2.42. The number of hydrogen-bond acceptors (Lipinski definition) is 2. The highest BCUT2D eigenvalue weighted by Gasteiger charge is 2.23. The molecule has 0 aliphatic heterocycles. The van der Waals surface area contributed by atoms with Crippen LogP contribution in [0.1, 0.15) is 30.9 Å². The normalized spacial score (nSPS) is 11.8. The molecule has 0 radical (unpaired) electrons. The van der Waals surface area contributed by atoms with Crippen LogP contribution in [0.2, 0.25) is 0 Å². The molecule has 0 amide bonds. The molecule has 35 heavy (non-hydrogen) atoms. The van der Waals surface area contributed by atoms with Gasteiger partial charge in [-0.05, 0) is 54.3 Å². The fourth-order valence-electron chi connectivity index (χ4n) is 5.02. The van der Waals surface area contributed by atoms with Gasteiger partial charge in [0.2, 0.25) is 5.69 Å². The third-order valence-electron chi connectivity index (χ3n) is 6.94. The molecule has 0 fully saturated rings. The fraction of sp³-hybridized carbons (Fsp3) is 0.161. The molecule has 0 spiro atoms. The van der Waals surface area contributed by atoms with Crippen molar-refractivity contribution < 1.29 is 13.4 Å². The number of halogens is 1. The van der Waals surface area contributed by atoms with Crippen LogP contribution in [0, 0.1) is 12.7 Å². The zero-order chi connectivity index (χ0) is 24.3. The van der Waals surface area contributed by atoms with Crippen LogP contribution in [0.15, 0.2) is 83.5 Å². The van der Waals surface area contributed by atoms with Gasteiger partial charge in [-0.2, -0.15) is 0 Å². The van der Waals surface area contributed by atoms with Gasteiger partial charge in [0.1, 0.15) is 24.0 Å². The second kappa shape index (κ2) is 8.02. The molecule has 0 bridgehead atoms. The van der Waals surface area contributed by atoms with Gasteiger partial charge in [0.15, 0.2) is 6.20 Å². The van der Waals surface area contributed by atoms with Gasteiger partial charge in [0.05, 0.1) is 16.6 Å². The van der Waals surface area contributed by atoms with Crippen molar-refractivity contribution in [3.8, 4) is 22.4 Å². The minimum atomic E-state index is -0.308. The van der Waals surface area contributed by atoms with Crippen LogP contribution in [-0.4, -0.2) is 4.98 Å². The van der Waals surface area contributed by atoms with Crippen molar-refractivity contribution in [3.63, 3.8) is 0 Å². The molecule has 0 saturated heterocycles. The largest absolute Gasteiger partial charge is 0.454 e. The number of pyridine rings is 2. The molecule has 0 aliphatic carbocycles. The molecule has 0 atom stereocenters. The van der Waals surface area contributed by atoms with Crippen molar-refractivity contribution in [3.05, 3.63) is 96.1 Å². The van der Waals surface area contributed by atoms with Crippen molar-refractivity contribution >= 4 is 32.8 Å². The molecule has 6 rings (SSSR count). The summed E-state index contributed by atoms with van der Waals surface area (Å²) in [5.74, 6) is 0.136.